The van der Waals surface area contributed by atoms with Gasteiger partial charge in [-0.1, -0.05) is 0 Å². The summed E-state index contributed by atoms with van der Waals surface area (Å²) in [5.74, 6) is 0. The molecule has 0 bridgehead atoms. The summed E-state index contributed by atoms with van der Waals surface area (Å²) in [5.41, 5.74) is 3.83. The van der Waals surface area contributed by atoms with Crippen molar-refractivity contribution in [2.45, 2.75) is 6.10 Å². The van der Waals surface area contributed by atoms with Gasteiger partial charge in [0.25, 0.3) is 0 Å². The first-order valence-electron chi connectivity index (χ1n) is 7.22. The molecule has 4 rings (SSSR count). The van der Waals surface area contributed by atoms with E-state index in [4.69, 9.17) is 16.3 Å². The predicted molar refractivity (Wildman–Crippen MR) is 84.9 cm³/mol. The summed E-state index contributed by atoms with van der Waals surface area (Å²) in [6.45, 7) is 2.14. The molecule has 0 amide bonds. The maximum atomic E-state index is 6.09. The van der Waals surface area contributed by atoms with E-state index in [0.29, 0.717) is 29.9 Å². The summed E-state index contributed by atoms with van der Waals surface area (Å²) in [7, 11) is 0. The Morgan fingerprint density at radius 2 is 2.00 bits per heavy atom. The van der Waals surface area contributed by atoms with Crippen LogP contribution in [-0.4, -0.2) is 44.6 Å². The van der Waals surface area contributed by atoms with Crippen LogP contribution in [0.5, 0.6) is 0 Å². The third-order valence-electron chi connectivity index (χ3n) is 3.66. The number of pyridine rings is 1. The zero-order chi connectivity index (χ0) is 15.6. The molecule has 3 aromatic heterocycles. The molecule has 8 heteroatoms. The van der Waals surface area contributed by atoms with Crippen LogP contribution in [0, 0.1) is 0 Å². The van der Waals surface area contributed by atoms with Crippen LogP contribution in [0.25, 0.3) is 22.2 Å². The van der Waals surface area contributed by atoms with Gasteiger partial charge >= 0.3 is 0 Å². The maximum absolute atomic E-state index is 6.09. The molecule has 0 spiro atoms. The third-order valence-corrected chi connectivity index (χ3v) is 3.83. The van der Waals surface area contributed by atoms with E-state index in [0.717, 1.165) is 17.7 Å². The molecular weight excluding hydrogens is 316 g/mol. The molecule has 0 radical (unpaired) electrons. The number of fused-ring (bicyclic) bond motifs is 1. The number of hydrogen-bond acceptors (Lipinski definition) is 7. The highest BCUT2D eigenvalue weighted by molar-refractivity contribution is 6.28. The van der Waals surface area contributed by atoms with Gasteiger partial charge in [-0.15, -0.1) is 0 Å². The summed E-state index contributed by atoms with van der Waals surface area (Å²) in [4.78, 5) is 21.2. The largest absolute Gasteiger partial charge is 0.369 e. The van der Waals surface area contributed by atoms with E-state index < -0.39 is 0 Å². The Bertz CT molecular complexity index is 838. The fourth-order valence-corrected chi connectivity index (χ4v) is 2.77. The van der Waals surface area contributed by atoms with E-state index in [2.05, 4.69) is 30.2 Å². The van der Waals surface area contributed by atoms with Crippen LogP contribution in [0.2, 0.25) is 5.28 Å². The van der Waals surface area contributed by atoms with Crippen LogP contribution in [0.3, 0.4) is 0 Å². The van der Waals surface area contributed by atoms with Crippen molar-refractivity contribution >= 4 is 22.6 Å². The van der Waals surface area contributed by atoms with Crippen molar-refractivity contribution in [2.24, 2.45) is 0 Å². The van der Waals surface area contributed by atoms with Crippen molar-refractivity contribution in [3.05, 3.63) is 42.0 Å². The fourth-order valence-electron chi connectivity index (χ4n) is 2.58. The number of rotatable bonds is 2. The highest BCUT2D eigenvalue weighted by Crippen LogP contribution is 2.27. The van der Waals surface area contributed by atoms with Gasteiger partial charge in [-0.3, -0.25) is 4.98 Å². The molecule has 1 aliphatic heterocycles. The monoisotopic (exact) mass is 328 g/mol. The normalized spacial score (nSPS) is 18.2. The number of halogens is 1. The smallest absolute Gasteiger partial charge is 0.223 e. The Morgan fingerprint density at radius 1 is 1.13 bits per heavy atom. The lowest BCUT2D eigenvalue weighted by Crippen LogP contribution is -2.34. The Kier molecular flexibility index (Phi) is 3.82. The van der Waals surface area contributed by atoms with Gasteiger partial charge in [-0.05, 0) is 17.7 Å². The molecule has 7 nitrogen and oxygen atoms in total. The van der Waals surface area contributed by atoms with Gasteiger partial charge in [0.2, 0.25) is 5.28 Å². The maximum Gasteiger partial charge on any atom is 0.223 e. The molecule has 4 heterocycles. The van der Waals surface area contributed by atoms with Gasteiger partial charge in [0.05, 0.1) is 12.1 Å². The first kappa shape index (κ1) is 14.4. The number of morpholine rings is 1. The van der Waals surface area contributed by atoms with Gasteiger partial charge in [0.1, 0.15) is 23.6 Å². The van der Waals surface area contributed by atoms with Crippen LogP contribution in [0.1, 0.15) is 11.8 Å². The van der Waals surface area contributed by atoms with Gasteiger partial charge in [-0.25, -0.2) is 19.9 Å². The molecule has 116 valence electrons. The lowest BCUT2D eigenvalue weighted by Gasteiger charge is -2.23. The average molecular weight is 329 g/mol. The van der Waals surface area contributed by atoms with Crippen LogP contribution in [0.4, 0.5) is 0 Å². The zero-order valence-electron chi connectivity index (χ0n) is 12.1. The van der Waals surface area contributed by atoms with Crippen molar-refractivity contribution in [3.8, 4) is 11.1 Å². The minimum Gasteiger partial charge on any atom is -0.369 e. The van der Waals surface area contributed by atoms with E-state index in [1.165, 1.54) is 6.33 Å². The van der Waals surface area contributed by atoms with Crippen molar-refractivity contribution in [3.63, 3.8) is 0 Å². The first-order chi connectivity index (χ1) is 11.3. The number of nitrogens with zero attached hydrogens (tertiary/aromatic N) is 5. The van der Waals surface area contributed by atoms with Crippen molar-refractivity contribution in [2.75, 3.05) is 19.7 Å². The molecule has 0 aliphatic carbocycles. The second kappa shape index (κ2) is 6.11. The first-order valence-corrected chi connectivity index (χ1v) is 7.60. The van der Waals surface area contributed by atoms with E-state index >= 15 is 0 Å². The Labute approximate surface area is 137 Å². The molecule has 23 heavy (non-hydrogen) atoms. The summed E-state index contributed by atoms with van der Waals surface area (Å²) < 4.78 is 5.77. The summed E-state index contributed by atoms with van der Waals surface area (Å²) in [6.07, 6.45) is 6.53. The summed E-state index contributed by atoms with van der Waals surface area (Å²) >= 11 is 6.09. The Balaban J connectivity index is 1.83. The Morgan fingerprint density at radius 3 is 2.78 bits per heavy atom. The SMILES string of the molecule is Clc1nc(C2CNCCO2)c2ncc(-c3cncnc3)cc2n1. The topological polar surface area (TPSA) is 85.7 Å². The third kappa shape index (κ3) is 2.86. The Hall–Kier alpha value is -2.22. The summed E-state index contributed by atoms with van der Waals surface area (Å²) in [6, 6.07) is 1.91. The molecule has 1 aliphatic rings. The van der Waals surface area contributed by atoms with E-state index in [-0.39, 0.29) is 11.4 Å². The number of nitrogens with one attached hydrogen (secondary N) is 1. The molecule has 1 unspecified atom stereocenters. The van der Waals surface area contributed by atoms with Crippen LogP contribution in [0.15, 0.2) is 31.0 Å². The molecule has 1 N–H and O–H groups in total. The predicted octanol–water partition coefficient (Wildman–Crippen LogP) is 1.80. The molecule has 1 saturated heterocycles. The highest BCUT2D eigenvalue weighted by atomic mass is 35.5. The van der Waals surface area contributed by atoms with Gasteiger partial charge in [0.15, 0.2) is 0 Å². The molecule has 1 fully saturated rings. The van der Waals surface area contributed by atoms with Crippen molar-refractivity contribution in [1.29, 1.82) is 0 Å². The second-order valence-electron chi connectivity index (χ2n) is 5.16. The molecule has 0 aromatic carbocycles. The highest BCUT2D eigenvalue weighted by Gasteiger charge is 2.22. The number of ether oxygens (including phenoxy) is 1. The van der Waals surface area contributed by atoms with Crippen molar-refractivity contribution in [1.82, 2.24) is 30.2 Å². The summed E-state index contributed by atoms with van der Waals surface area (Å²) in [5, 5.41) is 3.47. The molecular formula is C15H13ClN6O. The fraction of sp³-hybridized carbons (Fsp3) is 0.267. The van der Waals surface area contributed by atoms with Crippen LogP contribution in [-0.2, 0) is 4.74 Å². The van der Waals surface area contributed by atoms with E-state index in [1.54, 1.807) is 18.6 Å². The number of aromatic nitrogens is 5. The van der Waals surface area contributed by atoms with Gasteiger partial charge < -0.3 is 10.1 Å². The quantitative estimate of drug-likeness (QED) is 0.718. The standard InChI is InChI=1S/C15H13ClN6O/c16-15-21-11-3-9(10-4-18-8-19-5-10)6-20-13(11)14(22-15)12-7-17-1-2-23-12/h3-6,8,12,17H,1-2,7H2. The lowest BCUT2D eigenvalue weighted by atomic mass is 10.1. The number of hydrogen-bond donors (Lipinski definition) is 1. The van der Waals surface area contributed by atoms with Crippen LogP contribution >= 0.6 is 11.6 Å². The van der Waals surface area contributed by atoms with Crippen molar-refractivity contribution < 1.29 is 4.74 Å². The zero-order valence-corrected chi connectivity index (χ0v) is 12.9. The minimum atomic E-state index is -0.176. The lowest BCUT2D eigenvalue weighted by molar-refractivity contribution is 0.0258. The van der Waals surface area contributed by atoms with Crippen LogP contribution < -0.4 is 5.32 Å². The van der Waals surface area contributed by atoms with Gasteiger partial charge in [0, 0.05) is 42.8 Å². The molecule has 1 atom stereocenters. The van der Waals surface area contributed by atoms with Gasteiger partial charge in [-0.2, -0.15) is 0 Å². The second-order valence-corrected chi connectivity index (χ2v) is 5.50. The van der Waals surface area contributed by atoms with E-state index in [9.17, 15) is 0 Å². The average Bonchev–Trinajstić information content (AvgIpc) is 2.62. The molecule has 0 saturated carbocycles. The van der Waals surface area contributed by atoms with E-state index in [1.807, 2.05) is 6.07 Å². The minimum absolute atomic E-state index is 0.176. The molecule has 3 aromatic rings.